The van der Waals surface area contributed by atoms with Crippen LogP contribution in [0.25, 0.3) is 0 Å². The highest BCUT2D eigenvalue weighted by molar-refractivity contribution is 5.84. The summed E-state index contributed by atoms with van der Waals surface area (Å²) < 4.78 is 5.33. The van der Waals surface area contributed by atoms with Crippen LogP contribution >= 0.6 is 0 Å². The van der Waals surface area contributed by atoms with Gasteiger partial charge in [0, 0.05) is 56.6 Å². The number of fused-ring (bicyclic) bond motifs is 1. The Kier molecular flexibility index (Phi) is 4.42. The van der Waals surface area contributed by atoms with Gasteiger partial charge in [-0.15, -0.1) is 0 Å². The molecule has 1 aromatic rings. The summed E-state index contributed by atoms with van der Waals surface area (Å²) in [6, 6.07) is 0. The number of esters is 1. The largest absolute Gasteiger partial charge is 0.459 e. The number of rotatable bonds is 3. The third-order valence-electron chi connectivity index (χ3n) is 5.60. The molecule has 0 aliphatic carbocycles. The maximum atomic E-state index is 12.7. The molecule has 2 fully saturated rings. The number of aromatic nitrogens is 2. The molecule has 0 spiro atoms. The minimum absolute atomic E-state index is 0.0133. The van der Waals surface area contributed by atoms with E-state index in [0.717, 1.165) is 43.0 Å². The SMILES string of the molecule is CC1(C)C[C@@H](CC(=O)N2CCc3nc([C@@H]4CCNC4)ncc3C2)C(=O)O1. The standard InChI is InChI=1S/C19H26N4O3/c1-19(2)8-13(18(25)26-19)7-16(24)23-6-4-15-14(11-23)10-21-17(22-15)12-3-5-20-9-12/h10,12-13,20H,3-9,11H2,1-2H3/t12-,13-/m1/s1. The summed E-state index contributed by atoms with van der Waals surface area (Å²) in [7, 11) is 0. The molecule has 0 saturated carbocycles. The Labute approximate surface area is 153 Å². The van der Waals surface area contributed by atoms with Crippen LogP contribution in [0.15, 0.2) is 6.20 Å². The van der Waals surface area contributed by atoms with E-state index in [1.165, 1.54) is 0 Å². The molecule has 140 valence electrons. The summed E-state index contributed by atoms with van der Waals surface area (Å²) in [5.74, 6) is 0.756. The zero-order chi connectivity index (χ0) is 18.3. The summed E-state index contributed by atoms with van der Waals surface area (Å²) in [5.41, 5.74) is 1.62. The lowest BCUT2D eigenvalue weighted by molar-refractivity contribution is -0.150. The van der Waals surface area contributed by atoms with Crippen LogP contribution in [0.4, 0.5) is 0 Å². The van der Waals surface area contributed by atoms with E-state index in [1.54, 1.807) is 0 Å². The molecule has 0 aromatic carbocycles. The number of hydrogen-bond acceptors (Lipinski definition) is 6. The van der Waals surface area contributed by atoms with Crippen molar-refractivity contribution in [2.24, 2.45) is 5.92 Å². The zero-order valence-electron chi connectivity index (χ0n) is 15.5. The molecule has 2 atom stereocenters. The maximum Gasteiger partial charge on any atom is 0.310 e. The lowest BCUT2D eigenvalue weighted by Gasteiger charge is -2.29. The summed E-state index contributed by atoms with van der Waals surface area (Å²) in [6.07, 6.45) is 4.53. The number of nitrogens with one attached hydrogen (secondary N) is 1. The van der Waals surface area contributed by atoms with Crippen molar-refractivity contribution in [1.82, 2.24) is 20.2 Å². The average Bonchev–Trinajstić information content (AvgIpc) is 3.22. The molecule has 2 saturated heterocycles. The maximum absolute atomic E-state index is 12.7. The van der Waals surface area contributed by atoms with Gasteiger partial charge >= 0.3 is 5.97 Å². The Hall–Kier alpha value is -2.02. The van der Waals surface area contributed by atoms with E-state index in [9.17, 15) is 9.59 Å². The van der Waals surface area contributed by atoms with Gasteiger partial charge < -0.3 is 15.0 Å². The van der Waals surface area contributed by atoms with Crippen molar-refractivity contribution in [1.29, 1.82) is 0 Å². The number of cyclic esters (lactones) is 1. The Morgan fingerprint density at radius 2 is 2.31 bits per heavy atom. The minimum Gasteiger partial charge on any atom is -0.459 e. The van der Waals surface area contributed by atoms with Crippen molar-refractivity contribution in [2.75, 3.05) is 19.6 Å². The van der Waals surface area contributed by atoms with Crippen LogP contribution in [-0.4, -0.2) is 52.0 Å². The Morgan fingerprint density at radius 3 is 3.00 bits per heavy atom. The summed E-state index contributed by atoms with van der Waals surface area (Å²) in [5, 5.41) is 3.35. The molecular weight excluding hydrogens is 332 g/mol. The van der Waals surface area contributed by atoms with Crippen molar-refractivity contribution >= 4 is 11.9 Å². The molecule has 1 aromatic heterocycles. The first-order valence-corrected chi connectivity index (χ1v) is 9.47. The van der Waals surface area contributed by atoms with Crippen molar-refractivity contribution in [3.63, 3.8) is 0 Å². The summed E-state index contributed by atoms with van der Waals surface area (Å²) >= 11 is 0. The lowest BCUT2D eigenvalue weighted by Crippen LogP contribution is -2.38. The molecular formula is C19H26N4O3. The Balaban J connectivity index is 1.40. The van der Waals surface area contributed by atoms with E-state index in [1.807, 2.05) is 24.9 Å². The third-order valence-corrected chi connectivity index (χ3v) is 5.60. The molecule has 7 nitrogen and oxygen atoms in total. The van der Waals surface area contributed by atoms with Crippen LogP contribution in [0.3, 0.4) is 0 Å². The van der Waals surface area contributed by atoms with Gasteiger partial charge in [-0.05, 0) is 26.8 Å². The fraction of sp³-hybridized carbons (Fsp3) is 0.684. The van der Waals surface area contributed by atoms with E-state index in [4.69, 9.17) is 9.72 Å². The summed E-state index contributed by atoms with van der Waals surface area (Å²) in [6.45, 7) is 6.92. The van der Waals surface area contributed by atoms with E-state index < -0.39 is 5.60 Å². The second-order valence-corrected chi connectivity index (χ2v) is 8.24. The van der Waals surface area contributed by atoms with E-state index in [-0.39, 0.29) is 24.2 Å². The van der Waals surface area contributed by atoms with Crippen LogP contribution in [0.1, 0.15) is 56.1 Å². The number of carbonyl (C=O) groups is 2. The van der Waals surface area contributed by atoms with Gasteiger partial charge in [0.25, 0.3) is 0 Å². The van der Waals surface area contributed by atoms with Crippen molar-refractivity contribution < 1.29 is 14.3 Å². The molecule has 4 rings (SSSR count). The molecule has 3 aliphatic heterocycles. The first-order valence-electron chi connectivity index (χ1n) is 9.47. The highest BCUT2D eigenvalue weighted by atomic mass is 16.6. The van der Waals surface area contributed by atoms with Crippen LogP contribution in [-0.2, 0) is 27.3 Å². The Morgan fingerprint density at radius 1 is 1.46 bits per heavy atom. The molecule has 0 radical (unpaired) electrons. The fourth-order valence-corrected chi connectivity index (χ4v) is 4.19. The summed E-state index contributed by atoms with van der Waals surface area (Å²) in [4.78, 5) is 35.7. The highest BCUT2D eigenvalue weighted by Crippen LogP contribution is 2.33. The number of nitrogens with zero attached hydrogens (tertiary/aromatic N) is 3. The van der Waals surface area contributed by atoms with Crippen molar-refractivity contribution in [2.45, 2.75) is 57.6 Å². The molecule has 0 unspecified atom stereocenters. The lowest BCUT2D eigenvalue weighted by atomic mass is 9.94. The van der Waals surface area contributed by atoms with Crippen LogP contribution in [0.2, 0.25) is 0 Å². The van der Waals surface area contributed by atoms with Crippen LogP contribution in [0, 0.1) is 5.92 Å². The molecule has 1 N–H and O–H groups in total. The van der Waals surface area contributed by atoms with E-state index in [2.05, 4.69) is 10.3 Å². The molecule has 7 heteroatoms. The monoisotopic (exact) mass is 358 g/mol. The Bertz CT molecular complexity index is 727. The van der Waals surface area contributed by atoms with Crippen molar-refractivity contribution in [3.8, 4) is 0 Å². The average molecular weight is 358 g/mol. The molecule has 26 heavy (non-hydrogen) atoms. The fourth-order valence-electron chi connectivity index (χ4n) is 4.19. The number of ether oxygens (including phenoxy) is 1. The van der Waals surface area contributed by atoms with Gasteiger partial charge in [-0.25, -0.2) is 9.97 Å². The van der Waals surface area contributed by atoms with Gasteiger partial charge in [0.1, 0.15) is 11.4 Å². The van der Waals surface area contributed by atoms with E-state index in [0.29, 0.717) is 25.4 Å². The normalized spacial score (nSPS) is 27.3. The molecule has 4 heterocycles. The molecule has 1 amide bonds. The second kappa shape index (κ2) is 6.61. The zero-order valence-corrected chi connectivity index (χ0v) is 15.5. The van der Waals surface area contributed by atoms with Crippen LogP contribution < -0.4 is 5.32 Å². The first kappa shape index (κ1) is 17.4. The predicted octanol–water partition coefficient (Wildman–Crippen LogP) is 1.17. The quantitative estimate of drug-likeness (QED) is 0.817. The predicted molar refractivity (Wildman–Crippen MR) is 94.3 cm³/mol. The third kappa shape index (κ3) is 3.45. The van der Waals surface area contributed by atoms with Gasteiger partial charge in [-0.1, -0.05) is 0 Å². The van der Waals surface area contributed by atoms with Crippen molar-refractivity contribution in [3.05, 3.63) is 23.3 Å². The van der Waals surface area contributed by atoms with Crippen LogP contribution in [0.5, 0.6) is 0 Å². The number of amides is 1. The second-order valence-electron chi connectivity index (χ2n) is 8.24. The topological polar surface area (TPSA) is 84.4 Å². The number of carbonyl (C=O) groups excluding carboxylic acids is 2. The smallest absolute Gasteiger partial charge is 0.310 e. The van der Waals surface area contributed by atoms with Gasteiger partial charge in [0.05, 0.1) is 11.6 Å². The van der Waals surface area contributed by atoms with Gasteiger partial charge in [-0.3, -0.25) is 9.59 Å². The first-order chi connectivity index (χ1) is 12.4. The van der Waals surface area contributed by atoms with E-state index >= 15 is 0 Å². The molecule has 0 bridgehead atoms. The number of hydrogen-bond donors (Lipinski definition) is 1. The highest BCUT2D eigenvalue weighted by Gasteiger charge is 2.41. The van der Waals surface area contributed by atoms with Gasteiger partial charge in [-0.2, -0.15) is 0 Å². The van der Waals surface area contributed by atoms with Gasteiger partial charge in [0.2, 0.25) is 5.91 Å². The molecule has 3 aliphatic rings. The van der Waals surface area contributed by atoms with Gasteiger partial charge in [0.15, 0.2) is 0 Å². The minimum atomic E-state index is -0.462.